The summed E-state index contributed by atoms with van der Waals surface area (Å²) in [6.07, 6.45) is 1.49. The van der Waals surface area contributed by atoms with E-state index in [1.54, 1.807) is 18.2 Å². The Hall–Kier alpha value is -3.00. The van der Waals surface area contributed by atoms with Gasteiger partial charge in [-0.15, -0.1) is 0 Å². The lowest BCUT2D eigenvalue weighted by Crippen LogP contribution is -2.25. The molecular weight excluding hydrogens is 328 g/mol. The highest BCUT2D eigenvalue weighted by Crippen LogP contribution is 2.07. The molecule has 0 aliphatic carbocycles. The summed E-state index contributed by atoms with van der Waals surface area (Å²) in [5, 5.41) is 3.17. The Morgan fingerprint density at radius 2 is 1.96 bits per heavy atom. The van der Waals surface area contributed by atoms with Gasteiger partial charge >= 0.3 is 0 Å². The maximum absolute atomic E-state index is 12.5. The fourth-order valence-electron chi connectivity index (χ4n) is 2.33. The van der Waals surface area contributed by atoms with E-state index in [0.29, 0.717) is 16.6 Å². The first-order valence-electron chi connectivity index (χ1n) is 7.25. The fraction of sp³-hybridized carbons (Fsp3) is 0.125. The molecule has 8 heteroatoms. The van der Waals surface area contributed by atoms with E-state index in [1.165, 1.54) is 22.9 Å². The Labute approximate surface area is 141 Å². The number of rotatable bonds is 4. The Bertz CT molecular complexity index is 1060. The van der Waals surface area contributed by atoms with Crippen LogP contribution >= 0.6 is 12.2 Å². The molecule has 0 radical (unpaired) electrons. The largest absolute Gasteiger partial charge is 0.332 e. The van der Waals surface area contributed by atoms with Crippen molar-refractivity contribution in [1.29, 1.82) is 0 Å². The van der Waals surface area contributed by atoms with Gasteiger partial charge < -0.3 is 15.3 Å². The number of aromatic nitrogens is 3. The predicted molar refractivity (Wildman–Crippen MR) is 93.7 cm³/mol. The van der Waals surface area contributed by atoms with E-state index < -0.39 is 0 Å². The van der Waals surface area contributed by atoms with E-state index in [0.717, 1.165) is 0 Å². The van der Waals surface area contributed by atoms with Gasteiger partial charge in [-0.1, -0.05) is 12.1 Å². The van der Waals surface area contributed by atoms with Crippen molar-refractivity contribution in [2.75, 3.05) is 5.32 Å². The summed E-state index contributed by atoms with van der Waals surface area (Å²) < 4.78 is 1.64. The van der Waals surface area contributed by atoms with E-state index in [1.807, 2.05) is 6.07 Å². The van der Waals surface area contributed by atoms with Crippen molar-refractivity contribution >= 4 is 34.7 Å². The Morgan fingerprint density at radius 1 is 1.17 bits per heavy atom. The van der Waals surface area contributed by atoms with Gasteiger partial charge in [-0.05, 0) is 30.4 Å². The second kappa shape index (κ2) is 6.63. The molecule has 3 rings (SSSR count). The van der Waals surface area contributed by atoms with Crippen molar-refractivity contribution in [3.8, 4) is 0 Å². The lowest BCUT2D eigenvalue weighted by Gasteiger charge is -2.08. The molecule has 3 N–H and O–H groups in total. The molecular formula is C16H14N4O3S. The fourth-order valence-corrected chi connectivity index (χ4v) is 2.61. The molecule has 0 unspecified atom stereocenters. The van der Waals surface area contributed by atoms with E-state index in [4.69, 9.17) is 12.2 Å². The number of nitrogens with one attached hydrogen (secondary N) is 3. The summed E-state index contributed by atoms with van der Waals surface area (Å²) in [6.45, 7) is 0.161. The van der Waals surface area contributed by atoms with E-state index >= 15 is 0 Å². The minimum Gasteiger partial charge on any atom is -0.332 e. The molecule has 0 fully saturated rings. The van der Waals surface area contributed by atoms with Gasteiger partial charge in [-0.2, -0.15) is 0 Å². The highest BCUT2D eigenvalue weighted by Gasteiger charge is 2.08. The number of hydrogen-bond acceptors (Lipinski definition) is 4. The van der Waals surface area contributed by atoms with Crippen LogP contribution in [0.2, 0.25) is 0 Å². The van der Waals surface area contributed by atoms with Gasteiger partial charge in [0.05, 0.1) is 16.6 Å². The summed E-state index contributed by atoms with van der Waals surface area (Å²) in [4.78, 5) is 40.9. The molecule has 1 aromatic carbocycles. The predicted octanol–water partition coefficient (Wildman–Crippen LogP) is 1.78. The van der Waals surface area contributed by atoms with Gasteiger partial charge in [0, 0.05) is 25.2 Å². The molecule has 0 bridgehead atoms. The van der Waals surface area contributed by atoms with Crippen LogP contribution in [0, 0.1) is 4.77 Å². The first-order chi connectivity index (χ1) is 11.5. The average Bonchev–Trinajstić information content (AvgIpc) is 2.57. The lowest BCUT2D eigenvalue weighted by molar-refractivity contribution is -0.116. The van der Waals surface area contributed by atoms with Crippen LogP contribution in [0.5, 0.6) is 0 Å². The number of hydrogen-bond donors (Lipinski definition) is 3. The van der Waals surface area contributed by atoms with Crippen LogP contribution in [-0.4, -0.2) is 20.4 Å². The lowest BCUT2D eigenvalue weighted by atomic mass is 10.2. The minimum atomic E-state index is -0.281. The van der Waals surface area contributed by atoms with E-state index in [-0.39, 0.29) is 34.8 Å². The van der Waals surface area contributed by atoms with Crippen LogP contribution in [0.1, 0.15) is 6.42 Å². The number of carbonyl (C=O) groups excluding carboxylic acids is 1. The van der Waals surface area contributed by atoms with Crippen LogP contribution in [0.15, 0.2) is 52.2 Å². The number of amides is 1. The van der Waals surface area contributed by atoms with Crippen LogP contribution in [-0.2, 0) is 11.3 Å². The first-order valence-corrected chi connectivity index (χ1v) is 7.66. The van der Waals surface area contributed by atoms with Gasteiger partial charge in [0.2, 0.25) is 11.5 Å². The van der Waals surface area contributed by atoms with Crippen LogP contribution in [0.25, 0.3) is 10.9 Å². The second-order valence-corrected chi connectivity index (χ2v) is 5.56. The Morgan fingerprint density at radius 3 is 2.71 bits per heavy atom. The summed E-state index contributed by atoms with van der Waals surface area (Å²) in [7, 11) is 0. The molecule has 122 valence electrons. The van der Waals surface area contributed by atoms with E-state index in [9.17, 15) is 14.4 Å². The van der Waals surface area contributed by atoms with Crippen LogP contribution < -0.4 is 16.4 Å². The normalized spacial score (nSPS) is 10.7. The maximum atomic E-state index is 12.5. The number of benzene rings is 1. The third-order valence-electron chi connectivity index (χ3n) is 3.52. The smallest absolute Gasteiger partial charge is 0.262 e. The first kappa shape index (κ1) is 15.9. The number of carbonyl (C=O) groups is 1. The van der Waals surface area contributed by atoms with Crippen LogP contribution in [0.3, 0.4) is 0 Å². The van der Waals surface area contributed by atoms with Crippen molar-refractivity contribution in [3.05, 3.63) is 68.1 Å². The SMILES string of the molecule is O=C(CCn1c(=S)[nH]c2ccccc2c1=O)Nc1ccc(=O)[nH]c1. The molecule has 0 spiro atoms. The highest BCUT2D eigenvalue weighted by molar-refractivity contribution is 7.71. The number of fused-ring (bicyclic) bond motifs is 1. The van der Waals surface area contributed by atoms with Gasteiger partial charge in [0.1, 0.15) is 0 Å². The third kappa shape index (κ3) is 3.33. The van der Waals surface area contributed by atoms with Crippen LogP contribution in [0.4, 0.5) is 5.69 Å². The third-order valence-corrected chi connectivity index (χ3v) is 3.84. The number of nitrogens with zero attached hydrogens (tertiary/aromatic N) is 1. The zero-order valence-electron chi connectivity index (χ0n) is 12.5. The van der Waals surface area contributed by atoms with Gasteiger partial charge in [-0.3, -0.25) is 19.0 Å². The molecule has 0 aliphatic rings. The van der Waals surface area contributed by atoms with Crippen molar-refractivity contribution in [1.82, 2.24) is 14.5 Å². The quantitative estimate of drug-likeness (QED) is 0.629. The number of H-pyrrole nitrogens is 2. The van der Waals surface area contributed by atoms with Gasteiger partial charge in [-0.25, -0.2) is 0 Å². The number of anilines is 1. The summed E-state index contributed by atoms with van der Waals surface area (Å²) in [5.41, 5.74) is 0.672. The summed E-state index contributed by atoms with van der Waals surface area (Å²) >= 11 is 5.20. The molecule has 0 aliphatic heterocycles. The summed E-state index contributed by atoms with van der Waals surface area (Å²) in [6, 6.07) is 9.90. The molecule has 0 saturated heterocycles. The molecule has 1 amide bonds. The number of aromatic amines is 2. The summed E-state index contributed by atoms with van der Waals surface area (Å²) in [5.74, 6) is -0.281. The van der Waals surface area contributed by atoms with Crippen molar-refractivity contribution in [2.45, 2.75) is 13.0 Å². The standard InChI is InChI=1S/C16H14N4O3S/c21-13-6-5-10(9-17-13)18-14(22)7-8-20-15(23)11-3-1-2-4-12(11)19-16(20)24/h1-6,9H,7-8H2,(H,17,21)(H,18,22)(H,19,24). The minimum absolute atomic E-state index is 0.0782. The molecule has 7 nitrogen and oxygen atoms in total. The molecule has 0 saturated carbocycles. The average molecular weight is 342 g/mol. The molecule has 0 atom stereocenters. The molecule has 3 aromatic rings. The van der Waals surface area contributed by atoms with Gasteiger partial charge in [0.15, 0.2) is 4.77 Å². The zero-order chi connectivity index (χ0) is 17.1. The highest BCUT2D eigenvalue weighted by atomic mass is 32.1. The zero-order valence-corrected chi connectivity index (χ0v) is 13.4. The van der Waals surface area contributed by atoms with Crippen molar-refractivity contribution in [2.24, 2.45) is 0 Å². The molecule has 2 heterocycles. The Kier molecular flexibility index (Phi) is 4.39. The monoisotopic (exact) mass is 342 g/mol. The van der Waals surface area contributed by atoms with E-state index in [2.05, 4.69) is 15.3 Å². The molecule has 24 heavy (non-hydrogen) atoms. The maximum Gasteiger partial charge on any atom is 0.262 e. The number of para-hydroxylation sites is 1. The Balaban J connectivity index is 1.77. The van der Waals surface area contributed by atoms with Gasteiger partial charge in [0.25, 0.3) is 5.56 Å². The topological polar surface area (TPSA) is 99.8 Å². The second-order valence-electron chi connectivity index (χ2n) is 5.17. The number of pyridine rings is 1. The van der Waals surface area contributed by atoms with Crippen molar-refractivity contribution < 1.29 is 4.79 Å². The molecule has 2 aromatic heterocycles. The van der Waals surface area contributed by atoms with Crippen molar-refractivity contribution in [3.63, 3.8) is 0 Å².